The van der Waals surface area contributed by atoms with E-state index in [9.17, 15) is 4.79 Å². The predicted octanol–water partition coefficient (Wildman–Crippen LogP) is 2.85. The van der Waals surface area contributed by atoms with Gasteiger partial charge in [0, 0.05) is 29.7 Å². The van der Waals surface area contributed by atoms with E-state index >= 15 is 0 Å². The summed E-state index contributed by atoms with van der Waals surface area (Å²) < 4.78 is 0.301. The third kappa shape index (κ3) is 4.46. The third-order valence-electron chi connectivity index (χ3n) is 2.63. The lowest BCUT2D eigenvalue weighted by Crippen LogP contribution is -2.32. The zero-order valence-corrected chi connectivity index (χ0v) is 11.5. The van der Waals surface area contributed by atoms with E-state index in [1.165, 1.54) is 0 Å². The maximum atomic E-state index is 11.9. The van der Waals surface area contributed by atoms with Crippen LogP contribution in [0.3, 0.4) is 0 Å². The van der Waals surface area contributed by atoms with E-state index in [4.69, 9.17) is 0 Å². The Bertz CT molecular complexity index is 323. The van der Waals surface area contributed by atoms with E-state index in [-0.39, 0.29) is 5.91 Å². The van der Waals surface area contributed by atoms with Crippen LogP contribution in [-0.2, 0) is 4.79 Å². The molecule has 1 amide bonds. The summed E-state index contributed by atoms with van der Waals surface area (Å²) >= 11 is 1.95. The average Bonchev–Trinajstić information content (AvgIpc) is 2.35. The lowest BCUT2D eigenvalue weighted by Gasteiger charge is -2.21. The maximum Gasteiger partial charge on any atom is 0.254 e. The molecule has 0 bridgehead atoms. The lowest BCUT2D eigenvalue weighted by molar-refractivity contribution is -0.125. The van der Waals surface area contributed by atoms with Crippen molar-refractivity contribution in [3.05, 3.63) is 17.4 Å². The first-order chi connectivity index (χ1) is 7.41. The van der Waals surface area contributed by atoms with Crippen LogP contribution in [0.4, 0.5) is 0 Å². The molecule has 0 atom stereocenters. The predicted molar refractivity (Wildman–Crippen MR) is 70.7 cm³/mol. The molecule has 1 rings (SSSR count). The van der Waals surface area contributed by atoms with Gasteiger partial charge in [-0.3, -0.25) is 4.79 Å². The first-order valence-corrected chi connectivity index (χ1v) is 6.72. The van der Waals surface area contributed by atoms with E-state index in [0.29, 0.717) is 4.75 Å². The van der Waals surface area contributed by atoms with Gasteiger partial charge in [0.25, 0.3) is 5.91 Å². The third-order valence-corrected chi connectivity index (χ3v) is 4.01. The summed E-state index contributed by atoms with van der Waals surface area (Å²) in [6, 6.07) is 0. The van der Waals surface area contributed by atoms with Crippen molar-refractivity contribution >= 4 is 17.7 Å². The van der Waals surface area contributed by atoms with Crippen LogP contribution in [0.5, 0.6) is 0 Å². The normalized spacial score (nSPS) is 19.6. The molecule has 1 saturated heterocycles. The fourth-order valence-electron chi connectivity index (χ4n) is 1.54. The van der Waals surface area contributed by atoms with Crippen LogP contribution < -0.4 is 0 Å². The summed E-state index contributed by atoms with van der Waals surface area (Å²) in [6.07, 6.45) is 2.63. The largest absolute Gasteiger partial charge is 0.338 e. The van der Waals surface area contributed by atoms with Crippen LogP contribution in [-0.4, -0.2) is 34.4 Å². The monoisotopic (exact) mass is 239 g/mol. The number of nitrogens with zero attached hydrogens (tertiary/aromatic N) is 1. The van der Waals surface area contributed by atoms with Crippen molar-refractivity contribution in [2.24, 2.45) is 0 Å². The number of hydrogen-bond acceptors (Lipinski definition) is 2. The van der Waals surface area contributed by atoms with Crippen molar-refractivity contribution in [1.82, 2.24) is 4.90 Å². The average molecular weight is 239 g/mol. The van der Waals surface area contributed by atoms with Crippen molar-refractivity contribution in [3.8, 4) is 0 Å². The van der Waals surface area contributed by atoms with Crippen LogP contribution in [0.25, 0.3) is 0 Å². The first kappa shape index (κ1) is 13.4. The van der Waals surface area contributed by atoms with Crippen molar-refractivity contribution in [2.45, 2.75) is 38.9 Å². The molecule has 0 saturated carbocycles. The van der Waals surface area contributed by atoms with Crippen LogP contribution in [0.1, 0.15) is 34.1 Å². The minimum Gasteiger partial charge on any atom is -0.338 e. The molecule has 1 heterocycles. The van der Waals surface area contributed by atoms with Gasteiger partial charge in [0.2, 0.25) is 0 Å². The Morgan fingerprint density at radius 1 is 1.38 bits per heavy atom. The Morgan fingerprint density at radius 3 is 2.69 bits per heavy atom. The Morgan fingerprint density at radius 2 is 2.06 bits per heavy atom. The van der Waals surface area contributed by atoms with Gasteiger partial charge in [-0.1, -0.05) is 13.8 Å². The van der Waals surface area contributed by atoms with Gasteiger partial charge in [-0.2, -0.15) is 11.8 Å². The molecule has 0 aromatic rings. The number of rotatable bonds is 1. The Labute approximate surface area is 103 Å². The molecule has 1 aliphatic heterocycles. The summed E-state index contributed by atoms with van der Waals surface area (Å²) in [5.41, 5.74) is 4.02. The van der Waals surface area contributed by atoms with E-state index in [1.807, 2.05) is 30.5 Å². The molecule has 3 heteroatoms. The molecule has 16 heavy (non-hydrogen) atoms. The van der Waals surface area contributed by atoms with Gasteiger partial charge in [0.15, 0.2) is 0 Å². The van der Waals surface area contributed by atoms with Crippen molar-refractivity contribution in [1.29, 1.82) is 0 Å². The van der Waals surface area contributed by atoms with E-state index < -0.39 is 0 Å². The first-order valence-electron chi connectivity index (χ1n) is 5.73. The summed E-state index contributed by atoms with van der Waals surface area (Å²) in [4.78, 5) is 13.8. The topological polar surface area (TPSA) is 20.3 Å². The Kier molecular flexibility index (Phi) is 4.69. The zero-order chi connectivity index (χ0) is 12.2. The summed E-state index contributed by atoms with van der Waals surface area (Å²) in [5, 5.41) is 0. The van der Waals surface area contributed by atoms with E-state index in [2.05, 4.69) is 19.6 Å². The molecule has 0 aliphatic carbocycles. The van der Waals surface area contributed by atoms with Gasteiger partial charge in [-0.15, -0.1) is 5.73 Å². The smallest absolute Gasteiger partial charge is 0.254 e. The number of carbonyl (C=O) groups is 1. The molecule has 0 radical (unpaired) electrons. The number of thioether (sulfide) groups is 1. The van der Waals surface area contributed by atoms with Gasteiger partial charge in [0.1, 0.15) is 0 Å². The molecule has 2 nitrogen and oxygen atoms in total. The fraction of sp³-hybridized carbons (Fsp3) is 0.692. The highest BCUT2D eigenvalue weighted by molar-refractivity contribution is 8.00. The summed E-state index contributed by atoms with van der Waals surface area (Å²) in [6.45, 7) is 10.1. The summed E-state index contributed by atoms with van der Waals surface area (Å²) in [7, 11) is 0. The van der Waals surface area contributed by atoms with Crippen LogP contribution in [0, 0.1) is 0 Å². The van der Waals surface area contributed by atoms with Gasteiger partial charge in [-0.25, -0.2) is 0 Å². The zero-order valence-electron chi connectivity index (χ0n) is 10.7. The van der Waals surface area contributed by atoms with Crippen molar-refractivity contribution < 1.29 is 4.79 Å². The lowest BCUT2D eigenvalue weighted by atomic mass is 10.1. The molecular formula is C13H21NOS. The van der Waals surface area contributed by atoms with Gasteiger partial charge in [0.05, 0.1) is 0 Å². The Balaban J connectivity index is 2.62. The van der Waals surface area contributed by atoms with E-state index in [1.54, 1.807) is 6.08 Å². The van der Waals surface area contributed by atoms with Crippen LogP contribution in [0.2, 0.25) is 0 Å². The number of amides is 1. The minimum atomic E-state index is 0.0968. The second-order valence-corrected chi connectivity index (χ2v) is 6.77. The molecule has 0 unspecified atom stereocenters. The molecule has 0 N–H and O–H groups in total. The van der Waals surface area contributed by atoms with Crippen molar-refractivity contribution in [2.75, 3.05) is 18.8 Å². The molecule has 1 fully saturated rings. The molecule has 1 aliphatic rings. The molecule has 0 aromatic heterocycles. The SMILES string of the molecule is CC(C)=C=CC(=O)N1CCSC(C)(C)CC1. The second kappa shape index (κ2) is 5.60. The van der Waals surface area contributed by atoms with Gasteiger partial charge in [-0.05, 0) is 25.8 Å². The maximum absolute atomic E-state index is 11.9. The molecule has 90 valence electrons. The minimum absolute atomic E-state index is 0.0968. The number of hydrogen-bond donors (Lipinski definition) is 0. The molecule has 0 spiro atoms. The molecular weight excluding hydrogens is 218 g/mol. The van der Waals surface area contributed by atoms with Gasteiger partial charge >= 0.3 is 0 Å². The van der Waals surface area contributed by atoms with Crippen LogP contribution in [0.15, 0.2) is 17.4 Å². The fourth-order valence-corrected chi connectivity index (χ4v) is 2.64. The quantitative estimate of drug-likeness (QED) is 0.518. The van der Waals surface area contributed by atoms with Crippen molar-refractivity contribution in [3.63, 3.8) is 0 Å². The molecule has 0 aromatic carbocycles. The number of carbonyl (C=O) groups excluding carboxylic acids is 1. The highest BCUT2D eigenvalue weighted by atomic mass is 32.2. The highest BCUT2D eigenvalue weighted by Crippen LogP contribution is 2.30. The van der Waals surface area contributed by atoms with E-state index in [0.717, 1.165) is 30.8 Å². The standard InChI is InChI=1S/C13H21NOS/c1-11(2)5-6-12(15)14-8-7-13(3,4)16-10-9-14/h6H,7-10H2,1-4H3. The highest BCUT2D eigenvalue weighted by Gasteiger charge is 2.24. The summed E-state index contributed by atoms with van der Waals surface area (Å²) in [5.74, 6) is 1.13. The Hall–Kier alpha value is -0.660. The van der Waals surface area contributed by atoms with Gasteiger partial charge < -0.3 is 4.90 Å². The van der Waals surface area contributed by atoms with Crippen LogP contribution >= 0.6 is 11.8 Å². The second-order valence-electron chi connectivity index (χ2n) is 4.97.